The predicted octanol–water partition coefficient (Wildman–Crippen LogP) is 2.35. The Hall–Kier alpha value is -3.26. The highest BCUT2D eigenvalue weighted by molar-refractivity contribution is 8.18. The van der Waals surface area contributed by atoms with Crippen molar-refractivity contribution in [2.75, 3.05) is 13.7 Å². The smallest absolute Gasteiger partial charge is 0.264 e. The number of aromatic carboxylic acids is 1. The third-order valence-corrected chi connectivity index (χ3v) is 4.69. The zero-order valence-electron chi connectivity index (χ0n) is 15.2. The monoisotopic (exact) mass is 397 g/mol. The van der Waals surface area contributed by atoms with Crippen molar-refractivity contribution in [1.82, 2.24) is 5.32 Å². The molecule has 0 atom stereocenters. The van der Waals surface area contributed by atoms with Crippen LogP contribution in [0.5, 0.6) is 11.5 Å². The number of para-hydroxylation sites is 1. The van der Waals surface area contributed by atoms with Crippen molar-refractivity contribution in [3.05, 3.63) is 58.5 Å². The number of nitrogens with one attached hydrogen (secondary N) is 1. The average molecular weight is 397 g/mol. The van der Waals surface area contributed by atoms with Crippen LogP contribution < -0.4 is 19.9 Å². The zero-order valence-corrected chi connectivity index (χ0v) is 16.0. The topological polar surface area (TPSA) is 100 Å². The van der Waals surface area contributed by atoms with Gasteiger partial charge in [-0.3, -0.25) is 4.79 Å². The molecule has 0 unspecified atom stereocenters. The van der Waals surface area contributed by atoms with Crippen LogP contribution in [0.2, 0.25) is 0 Å². The van der Waals surface area contributed by atoms with E-state index in [-0.39, 0.29) is 17.2 Å². The Balaban J connectivity index is 1.86. The van der Waals surface area contributed by atoms with Gasteiger partial charge in [0.25, 0.3) is 5.91 Å². The number of carboxylic acid groups (broad SMARTS) is 1. The molecule has 1 N–H and O–H groups in total. The van der Waals surface area contributed by atoms with E-state index in [0.29, 0.717) is 28.2 Å². The molecule has 0 aliphatic carbocycles. The van der Waals surface area contributed by atoms with Gasteiger partial charge >= 0.3 is 0 Å². The number of hydrogen-bond donors (Lipinski definition) is 1. The first-order valence-corrected chi connectivity index (χ1v) is 9.24. The van der Waals surface area contributed by atoms with Gasteiger partial charge < -0.3 is 24.7 Å². The number of hydrogen-bond acceptors (Lipinski definition) is 7. The maximum atomic E-state index is 12.3. The first-order chi connectivity index (χ1) is 13.5. The van der Waals surface area contributed by atoms with Gasteiger partial charge in [-0.1, -0.05) is 24.3 Å². The molecule has 144 valence electrons. The summed E-state index contributed by atoms with van der Waals surface area (Å²) in [6.07, 6.45) is 1.70. The van der Waals surface area contributed by atoms with E-state index in [2.05, 4.69) is 10.3 Å². The van der Waals surface area contributed by atoms with E-state index >= 15 is 0 Å². The molecule has 8 heteroatoms. The molecule has 2 aromatic carbocycles. The van der Waals surface area contributed by atoms with Crippen molar-refractivity contribution in [3.63, 3.8) is 0 Å². The van der Waals surface area contributed by atoms with Gasteiger partial charge in [0.1, 0.15) is 0 Å². The number of amidine groups is 1. The highest BCUT2D eigenvalue weighted by Crippen LogP contribution is 2.32. The van der Waals surface area contributed by atoms with Crippen LogP contribution in [0.4, 0.5) is 5.69 Å². The quantitative estimate of drug-likeness (QED) is 0.751. The van der Waals surface area contributed by atoms with Crippen molar-refractivity contribution < 1.29 is 24.2 Å². The fraction of sp³-hybridized carbons (Fsp3) is 0.150. The van der Waals surface area contributed by atoms with Crippen molar-refractivity contribution in [1.29, 1.82) is 0 Å². The molecule has 0 saturated carbocycles. The lowest BCUT2D eigenvalue weighted by molar-refractivity contribution is -0.254. The van der Waals surface area contributed by atoms with E-state index in [0.717, 1.165) is 17.3 Å². The van der Waals surface area contributed by atoms with Crippen LogP contribution in [-0.4, -0.2) is 30.8 Å². The Morgan fingerprint density at radius 1 is 1.25 bits per heavy atom. The van der Waals surface area contributed by atoms with Crippen molar-refractivity contribution in [2.45, 2.75) is 6.92 Å². The zero-order chi connectivity index (χ0) is 20.1. The summed E-state index contributed by atoms with van der Waals surface area (Å²) in [4.78, 5) is 28.1. The normalized spacial score (nSPS) is 16.3. The Bertz CT molecular complexity index is 984. The summed E-state index contributed by atoms with van der Waals surface area (Å²) in [7, 11) is 1.55. The Kier molecular flexibility index (Phi) is 6.00. The predicted molar refractivity (Wildman–Crippen MR) is 106 cm³/mol. The van der Waals surface area contributed by atoms with Gasteiger partial charge in [-0.25, -0.2) is 4.99 Å². The molecular formula is C20H17N2O5S-. The SMILES string of the molecule is CCOc1ccc(/C=C2\SC(=Nc3ccccc3C(=O)[O-])NC2=O)cc1OC. The first-order valence-electron chi connectivity index (χ1n) is 8.42. The summed E-state index contributed by atoms with van der Waals surface area (Å²) in [6, 6.07) is 11.6. The van der Waals surface area contributed by atoms with Gasteiger partial charge in [0.05, 0.1) is 30.3 Å². The van der Waals surface area contributed by atoms with Crippen molar-refractivity contribution >= 4 is 40.6 Å². The number of amides is 1. The lowest BCUT2D eigenvalue weighted by atomic mass is 10.2. The van der Waals surface area contributed by atoms with Gasteiger partial charge in [-0.05, 0) is 48.5 Å². The van der Waals surface area contributed by atoms with Crippen LogP contribution in [0.1, 0.15) is 22.8 Å². The molecule has 0 spiro atoms. The van der Waals surface area contributed by atoms with E-state index < -0.39 is 5.97 Å². The van der Waals surface area contributed by atoms with Crippen LogP contribution in [0.25, 0.3) is 6.08 Å². The molecule has 0 aromatic heterocycles. The number of ether oxygens (including phenoxy) is 2. The van der Waals surface area contributed by atoms with Gasteiger partial charge in [-0.15, -0.1) is 0 Å². The number of benzene rings is 2. The van der Waals surface area contributed by atoms with Gasteiger partial charge in [0.15, 0.2) is 16.7 Å². The second-order valence-corrected chi connectivity index (χ2v) is 6.66. The summed E-state index contributed by atoms with van der Waals surface area (Å²) >= 11 is 1.12. The molecule has 7 nitrogen and oxygen atoms in total. The largest absolute Gasteiger partial charge is 0.545 e. The van der Waals surface area contributed by atoms with E-state index in [1.54, 1.807) is 43.5 Å². The highest BCUT2D eigenvalue weighted by atomic mass is 32.2. The van der Waals surface area contributed by atoms with E-state index in [9.17, 15) is 14.7 Å². The number of methoxy groups -OCH3 is 1. The molecule has 0 radical (unpaired) electrons. The minimum atomic E-state index is -1.33. The third-order valence-electron chi connectivity index (χ3n) is 3.78. The molecule has 1 amide bonds. The Morgan fingerprint density at radius 2 is 2.04 bits per heavy atom. The van der Waals surface area contributed by atoms with Crippen LogP contribution in [-0.2, 0) is 4.79 Å². The number of carboxylic acids is 1. The van der Waals surface area contributed by atoms with E-state index in [1.807, 2.05) is 13.0 Å². The lowest BCUT2D eigenvalue weighted by Gasteiger charge is -2.09. The van der Waals surface area contributed by atoms with Crippen LogP contribution in [0.3, 0.4) is 0 Å². The standard InChI is InChI=1S/C20H18N2O5S/c1-3-27-15-9-8-12(10-16(15)26-2)11-17-18(23)22-20(28-17)21-14-7-5-4-6-13(14)19(24)25/h4-11H,3H2,1-2H3,(H,24,25)(H,21,22,23)/p-1/b17-11-. The molecule has 1 saturated heterocycles. The van der Waals surface area contributed by atoms with Crippen LogP contribution >= 0.6 is 11.8 Å². The molecule has 28 heavy (non-hydrogen) atoms. The van der Waals surface area contributed by atoms with Crippen molar-refractivity contribution in [3.8, 4) is 11.5 Å². The molecule has 2 aromatic rings. The van der Waals surface area contributed by atoms with E-state index in [1.165, 1.54) is 6.07 Å². The van der Waals surface area contributed by atoms with Crippen LogP contribution in [0, 0.1) is 0 Å². The lowest BCUT2D eigenvalue weighted by Crippen LogP contribution is -2.23. The molecule has 0 bridgehead atoms. The maximum absolute atomic E-state index is 12.3. The minimum Gasteiger partial charge on any atom is -0.545 e. The number of carbonyl (C=O) groups is 2. The number of nitrogens with zero attached hydrogens (tertiary/aromatic N) is 1. The first kappa shape index (κ1) is 19.5. The molecule has 1 fully saturated rings. The summed E-state index contributed by atoms with van der Waals surface area (Å²) in [5, 5.41) is 14.1. The Morgan fingerprint density at radius 3 is 2.75 bits per heavy atom. The maximum Gasteiger partial charge on any atom is 0.264 e. The highest BCUT2D eigenvalue weighted by Gasteiger charge is 2.24. The van der Waals surface area contributed by atoms with Gasteiger partial charge in [0, 0.05) is 5.56 Å². The molecule has 3 rings (SSSR count). The fourth-order valence-electron chi connectivity index (χ4n) is 2.53. The average Bonchev–Trinajstić information content (AvgIpc) is 3.02. The summed E-state index contributed by atoms with van der Waals surface area (Å²) < 4.78 is 10.8. The number of carbonyl (C=O) groups excluding carboxylic acids is 2. The second kappa shape index (κ2) is 8.62. The summed E-state index contributed by atoms with van der Waals surface area (Å²) in [5.74, 6) is -0.456. The summed E-state index contributed by atoms with van der Waals surface area (Å²) in [5.41, 5.74) is 0.933. The van der Waals surface area contributed by atoms with E-state index in [4.69, 9.17) is 9.47 Å². The number of aliphatic imine (C=N–C) groups is 1. The number of rotatable bonds is 6. The third kappa shape index (κ3) is 4.34. The Labute approximate surface area is 166 Å². The van der Waals surface area contributed by atoms with Crippen molar-refractivity contribution in [2.24, 2.45) is 4.99 Å². The minimum absolute atomic E-state index is 0.0430. The van der Waals surface area contributed by atoms with Crippen LogP contribution in [0.15, 0.2) is 52.4 Å². The number of thioether (sulfide) groups is 1. The molecule has 1 aliphatic heterocycles. The molecular weight excluding hydrogens is 380 g/mol. The van der Waals surface area contributed by atoms with Gasteiger partial charge in [0.2, 0.25) is 0 Å². The fourth-order valence-corrected chi connectivity index (χ4v) is 3.37. The second-order valence-electron chi connectivity index (χ2n) is 5.63. The summed E-state index contributed by atoms with van der Waals surface area (Å²) in [6.45, 7) is 2.40. The molecule has 1 aliphatic rings. The van der Waals surface area contributed by atoms with Gasteiger partial charge in [-0.2, -0.15) is 0 Å². The molecule has 1 heterocycles.